The molecule has 1 saturated carbocycles. The Balaban J connectivity index is 2.13. The molecule has 1 aromatic carbocycles. The van der Waals surface area contributed by atoms with Crippen LogP contribution in [0.5, 0.6) is 0 Å². The highest BCUT2D eigenvalue weighted by Gasteiger charge is 2.23. The van der Waals surface area contributed by atoms with Crippen molar-refractivity contribution in [1.29, 1.82) is 0 Å². The van der Waals surface area contributed by atoms with Crippen molar-refractivity contribution < 1.29 is 18.3 Å². The van der Waals surface area contributed by atoms with Crippen molar-refractivity contribution in [3.8, 4) is 0 Å². The average Bonchev–Trinajstić information content (AvgIpc) is 2.63. The van der Waals surface area contributed by atoms with Crippen LogP contribution in [0.4, 0.5) is 0 Å². The smallest absolute Gasteiger partial charge is 0.251 e. The van der Waals surface area contributed by atoms with Gasteiger partial charge in [-0.05, 0) is 31.0 Å². The molecule has 6 heteroatoms. The molecule has 0 saturated heterocycles. The quantitative estimate of drug-likeness (QED) is 0.829. The van der Waals surface area contributed by atoms with Crippen LogP contribution in [0.15, 0.2) is 29.2 Å². The first-order chi connectivity index (χ1) is 9.88. The topological polar surface area (TPSA) is 83.5 Å². The summed E-state index contributed by atoms with van der Waals surface area (Å²) < 4.78 is 23.0. The summed E-state index contributed by atoms with van der Waals surface area (Å²) in [6.45, 7) is 0. The molecule has 1 aliphatic carbocycles. The molecular formula is C15H21NO4S. The highest BCUT2D eigenvalue weighted by molar-refractivity contribution is 7.90. The first kappa shape index (κ1) is 16.0. The van der Waals surface area contributed by atoms with Crippen molar-refractivity contribution in [2.45, 2.75) is 49.1 Å². The minimum absolute atomic E-state index is 0.122. The molecule has 1 aromatic rings. The summed E-state index contributed by atoms with van der Waals surface area (Å²) in [5.74, 6) is -0.341. The van der Waals surface area contributed by atoms with E-state index in [2.05, 4.69) is 5.32 Å². The van der Waals surface area contributed by atoms with Crippen LogP contribution in [-0.4, -0.2) is 37.8 Å². The summed E-state index contributed by atoms with van der Waals surface area (Å²) in [6, 6.07) is 5.70. The van der Waals surface area contributed by atoms with Crippen molar-refractivity contribution >= 4 is 15.7 Å². The first-order valence-electron chi connectivity index (χ1n) is 7.17. The van der Waals surface area contributed by atoms with Gasteiger partial charge in [-0.1, -0.05) is 25.3 Å². The van der Waals surface area contributed by atoms with E-state index >= 15 is 0 Å². The second-order valence-corrected chi connectivity index (χ2v) is 7.60. The zero-order valence-electron chi connectivity index (χ0n) is 12.1. The third kappa shape index (κ3) is 4.28. The Bertz CT molecular complexity index is 612. The number of carbonyl (C=O) groups excluding carboxylic acids is 1. The van der Waals surface area contributed by atoms with Crippen LogP contribution in [0.25, 0.3) is 0 Å². The molecule has 1 fully saturated rings. The fourth-order valence-corrected chi connectivity index (χ4v) is 3.24. The average molecular weight is 311 g/mol. The largest absolute Gasteiger partial charge is 0.391 e. The lowest BCUT2D eigenvalue weighted by molar-refractivity contribution is 0.0818. The molecule has 21 heavy (non-hydrogen) atoms. The van der Waals surface area contributed by atoms with Gasteiger partial charge in [0.25, 0.3) is 5.91 Å². The second-order valence-electron chi connectivity index (χ2n) is 5.59. The van der Waals surface area contributed by atoms with Crippen LogP contribution in [0.2, 0.25) is 0 Å². The van der Waals surface area contributed by atoms with E-state index < -0.39 is 15.9 Å². The number of nitrogens with one attached hydrogen (secondary N) is 1. The van der Waals surface area contributed by atoms with Gasteiger partial charge in [0, 0.05) is 11.8 Å². The van der Waals surface area contributed by atoms with Gasteiger partial charge in [-0.25, -0.2) is 8.42 Å². The monoisotopic (exact) mass is 311 g/mol. The number of carbonyl (C=O) groups is 1. The summed E-state index contributed by atoms with van der Waals surface area (Å²) >= 11 is 0. The number of aliphatic hydroxyl groups excluding tert-OH is 1. The highest BCUT2D eigenvalue weighted by atomic mass is 32.2. The molecule has 2 atom stereocenters. The molecule has 1 aliphatic rings. The SMILES string of the molecule is CS(=O)(=O)c1cccc(C(=O)NC2CCCCCC2O)c1. The molecule has 2 N–H and O–H groups in total. The molecule has 0 bridgehead atoms. The third-order valence-corrected chi connectivity index (χ3v) is 4.93. The first-order valence-corrected chi connectivity index (χ1v) is 9.06. The third-order valence-electron chi connectivity index (χ3n) is 3.82. The number of rotatable bonds is 3. The van der Waals surface area contributed by atoms with E-state index in [-0.39, 0.29) is 16.8 Å². The van der Waals surface area contributed by atoms with Gasteiger partial charge in [0.15, 0.2) is 9.84 Å². The van der Waals surface area contributed by atoms with E-state index in [1.807, 2.05) is 0 Å². The van der Waals surface area contributed by atoms with Crippen molar-refractivity contribution in [3.05, 3.63) is 29.8 Å². The Labute approximate surface area is 125 Å². The maximum atomic E-state index is 12.2. The fraction of sp³-hybridized carbons (Fsp3) is 0.533. The lowest BCUT2D eigenvalue weighted by atomic mass is 10.1. The Morgan fingerprint density at radius 3 is 2.67 bits per heavy atom. The highest BCUT2D eigenvalue weighted by Crippen LogP contribution is 2.19. The number of amides is 1. The summed E-state index contributed by atoms with van der Waals surface area (Å²) in [5.41, 5.74) is 0.300. The van der Waals surface area contributed by atoms with Crippen LogP contribution >= 0.6 is 0 Å². The van der Waals surface area contributed by atoms with E-state index in [0.717, 1.165) is 31.9 Å². The zero-order chi connectivity index (χ0) is 15.5. The molecule has 116 valence electrons. The minimum Gasteiger partial charge on any atom is -0.391 e. The van der Waals surface area contributed by atoms with Crippen molar-refractivity contribution in [1.82, 2.24) is 5.32 Å². The van der Waals surface area contributed by atoms with E-state index in [4.69, 9.17) is 0 Å². The molecule has 5 nitrogen and oxygen atoms in total. The van der Waals surface area contributed by atoms with Gasteiger partial charge in [0.1, 0.15) is 0 Å². The van der Waals surface area contributed by atoms with E-state index in [1.54, 1.807) is 12.1 Å². The predicted molar refractivity (Wildman–Crippen MR) is 79.9 cm³/mol. The van der Waals surface area contributed by atoms with E-state index in [0.29, 0.717) is 12.0 Å². The van der Waals surface area contributed by atoms with Crippen molar-refractivity contribution in [2.24, 2.45) is 0 Å². The summed E-state index contributed by atoms with van der Waals surface area (Å²) in [6.07, 6.45) is 5.02. The van der Waals surface area contributed by atoms with Crippen LogP contribution < -0.4 is 5.32 Å². The van der Waals surface area contributed by atoms with Gasteiger partial charge in [-0.15, -0.1) is 0 Å². The fourth-order valence-electron chi connectivity index (χ4n) is 2.58. The maximum absolute atomic E-state index is 12.2. The molecule has 0 aliphatic heterocycles. The number of aliphatic hydroxyl groups is 1. The van der Waals surface area contributed by atoms with Crippen molar-refractivity contribution in [2.75, 3.05) is 6.26 Å². The lowest BCUT2D eigenvalue weighted by Gasteiger charge is -2.21. The van der Waals surface area contributed by atoms with Gasteiger partial charge in [-0.3, -0.25) is 4.79 Å². The van der Waals surface area contributed by atoms with E-state index in [1.165, 1.54) is 12.1 Å². The molecule has 0 spiro atoms. The van der Waals surface area contributed by atoms with Crippen LogP contribution in [0, 0.1) is 0 Å². The Hall–Kier alpha value is -1.40. The van der Waals surface area contributed by atoms with Gasteiger partial charge < -0.3 is 10.4 Å². The van der Waals surface area contributed by atoms with Gasteiger partial charge in [0.2, 0.25) is 0 Å². The Morgan fingerprint density at radius 2 is 1.95 bits per heavy atom. The molecular weight excluding hydrogens is 290 g/mol. The van der Waals surface area contributed by atoms with Gasteiger partial charge >= 0.3 is 0 Å². The van der Waals surface area contributed by atoms with Crippen LogP contribution in [-0.2, 0) is 9.84 Å². The number of hydrogen-bond acceptors (Lipinski definition) is 4. The molecule has 1 amide bonds. The molecule has 0 heterocycles. The normalized spacial score (nSPS) is 23.3. The lowest BCUT2D eigenvalue weighted by Crippen LogP contribution is -2.42. The van der Waals surface area contributed by atoms with Crippen LogP contribution in [0.3, 0.4) is 0 Å². The summed E-state index contributed by atoms with van der Waals surface area (Å²) in [5, 5.41) is 12.8. The molecule has 0 aromatic heterocycles. The Kier molecular flexibility index (Phi) is 5.00. The summed E-state index contributed by atoms with van der Waals surface area (Å²) in [7, 11) is -3.34. The second kappa shape index (κ2) is 6.58. The molecule has 0 radical (unpaired) electrons. The minimum atomic E-state index is -3.34. The summed E-state index contributed by atoms with van der Waals surface area (Å²) in [4.78, 5) is 12.4. The molecule has 2 rings (SSSR count). The van der Waals surface area contributed by atoms with Gasteiger partial charge in [0.05, 0.1) is 17.0 Å². The predicted octanol–water partition coefficient (Wildman–Crippen LogP) is 1.51. The molecule has 2 unspecified atom stereocenters. The standard InChI is InChI=1S/C15H21NO4S/c1-21(19,20)12-7-5-6-11(10-12)15(18)16-13-8-3-2-4-9-14(13)17/h5-7,10,13-14,17H,2-4,8-9H2,1H3,(H,16,18). The van der Waals surface area contributed by atoms with E-state index in [9.17, 15) is 18.3 Å². The van der Waals surface area contributed by atoms with Gasteiger partial charge in [-0.2, -0.15) is 0 Å². The van der Waals surface area contributed by atoms with Crippen molar-refractivity contribution in [3.63, 3.8) is 0 Å². The van der Waals surface area contributed by atoms with Crippen LogP contribution in [0.1, 0.15) is 42.5 Å². The zero-order valence-corrected chi connectivity index (χ0v) is 12.9. The number of sulfone groups is 1. The number of benzene rings is 1. The Morgan fingerprint density at radius 1 is 1.24 bits per heavy atom. The number of hydrogen-bond donors (Lipinski definition) is 2. The maximum Gasteiger partial charge on any atom is 0.251 e.